The Labute approximate surface area is 145 Å². The molecule has 24 heavy (non-hydrogen) atoms. The van der Waals surface area contributed by atoms with Crippen LogP contribution < -0.4 is 4.90 Å². The average Bonchev–Trinajstić information content (AvgIpc) is 3.04. The number of hydrogen-bond donors (Lipinski definition) is 0. The summed E-state index contributed by atoms with van der Waals surface area (Å²) in [6.07, 6.45) is 1.10. The van der Waals surface area contributed by atoms with E-state index in [0.717, 1.165) is 54.5 Å². The molecular formula is C19H20FN3S. The lowest BCUT2D eigenvalue weighted by Crippen LogP contribution is -2.46. The van der Waals surface area contributed by atoms with Gasteiger partial charge in [0.2, 0.25) is 0 Å². The number of aromatic nitrogens is 1. The minimum absolute atomic E-state index is 0.191. The fourth-order valence-corrected chi connectivity index (χ4v) is 4.16. The van der Waals surface area contributed by atoms with Crippen molar-refractivity contribution < 1.29 is 4.39 Å². The lowest BCUT2D eigenvalue weighted by molar-refractivity contribution is 0.261. The molecular weight excluding hydrogens is 321 g/mol. The first-order valence-corrected chi connectivity index (χ1v) is 9.17. The molecule has 2 heterocycles. The number of nitrogens with zero attached hydrogens (tertiary/aromatic N) is 3. The Morgan fingerprint density at radius 2 is 1.79 bits per heavy atom. The fraction of sp³-hybridized carbons (Fsp3) is 0.316. The quantitative estimate of drug-likeness (QED) is 0.719. The maximum Gasteiger partial charge on any atom is 0.186 e. The fourth-order valence-electron chi connectivity index (χ4n) is 3.12. The van der Waals surface area contributed by atoms with Gasteiger partial charge in [-0.2, -0.15) is 0 Å². The standard InChI is InChI=1S/C19H20FN3S/c20-16-6-7-17-18(14-16)24-19(21-17)23-12-10-22(11-13-23)9-8-15-4-2-1-3-5-15/h1-7,14H,8-13H2. The maximum atomic E-state index is 13.3. The average molecular weight is 341 g/mol. The number of fused-ring (bicyclic) bond motifs is 1. The Hall–Kier alpha value is -1.98. The molecule has 1 aromatic heterocycles. The Balaban J connectivity index is 1.35. The first-order valence-electron chi connectivity index (χ1n) is 8.35. The molecule has 0 atom stereocenters. The van der Waals surface area contributed by atoms with Crippen molar-refractivity contribution in [3.05, 3.63) is 59.9 Å². The van der Waals surface area contributed by atoms with Crippen LogP contribution in [0.25, 0.3) is 10.2 Å². The van der Waals surface area contributed by atoms with Crippen molar-refractivity contribution in [3.8, 4) is 0 Å². The molecule has 5 heteroatoms. The van der Waals surface area contributed by atoms with Gasteiger partial charge in [0, 0.05) is 32.7 Å². The minimum Gasteiger partial charge on any atom is -0.345 e. The molecule has 0 aliphatic carbocycles. The molecule has 3 nitrogen and oxygen atoms in total. The molecule has 1 aliphatic rings. The van der Waals surface area contributed by atoms with Crippen molar-refractivity contribution in [2.75, 3.05) is 37.6 Å². The van der Waals surface area contributed by atoms with Crippen molar-refractivity contribution in [2.45, 2.75) is 6.42 Å². The van der Waals surface area contributed by atoms with Crippen LogP contribution in [-0.2, 0) is 6.42 Å². The summed E-state index contributed by atoms with van der Waals surface area (Å²) in [6.45, 7) is 5.17. The molecule has 124 valence electrons. The molecule has 0 bridgehead atoms. The van der Waals surface area contributed by atoms with Gasteiger partial charge in [-0.25, -0.2) is 9.37 Å². The summed E-state index contributed by atoms with van der Waals surface area (Å²) in [6, 6.07) is 15.5. The molecule has 1 fully saturated rings. The lowest BCUT2D eigenvalue weighted by Gasteiger charge is -2.34. The van der Waals surface area contributed by atoms with E-state index in [9.17, 15) is 4.39 Å². The smallest absolute Gasteiger partial charge is 0.186 e. The lowest BCUT2D eigenvalue weighted by atomic mass is 10.1. The van der Waals surface area contributed by atoms with Crippen molar-refractivity contribution in [2.24, 2.45) is 0 Å². The Morgan fingerprint density at radius 3 is 2.58 bits per heavy atom. The molecule has 1 saturated heterocycles. The van der Waals surface area contributed by atoms with Crippen LogP contribution in [0.4, 0.5) is 9.52 Å². The van der Waals surface area contributed by atoms with Crippen LogP contribution >= 0.6 is 11.3 Å². The van der Waals surface area contributed by atoms with Crippen LogP contribution in [0, 0.1) is 5.82 Å². The van der Waals surface area contributed by atoms with E-state index in [1.807, 2.05) is 0 Å². The number of benzene rings is 2. The van der Waals surface area contributed by atoms with E-state index in [2.05, 4.69) is 45.1 Å². The van der Waals surface area contributed by atoms with E-state index >= 15 is 0 Å². The zero-order valence-corrected chi connectivity index (χ0v) is 14.3. The number of halogens is 1. The topological polar surface area (TPSA) is 19.4 Å². The molecule has 0 spiro atoms. The van der Waals surface area contributed by atoms with Gasteiger partial charge in [-0.3, -0.25) is 4.90 Å². The highest BCUT2D eigenvalue weighted by Crippen LogP contribution is 2.29. The molecule has 1 aliphatic heterocycles. The summed E-state index contributed by atoms with van der Waals surface area (Å²) in [5.41, 5.74) is 2.29. The van der Waals surface area contributed by atoms with Crippen LogP contribution in [0.3, 0.4) is 0 Å². The van der Waals surface area contributed by atoms with Gasteiger partial charge in [-0.1, -0.05) is 41.7 Å². The molecule has 0 N–H and O–H groups in total. The SMILES string of the molecule is Fc1ccc2nc(N3CCN(CCc4ccccc4)CC3)sc2c1. The molecule has 0 unspecified atom stereocenters. The van der Waals surface area contributed by atoms with Crippen LogP contribution in [0.1, 0.15) is 5.56 Å². The van der Waals surface area contributed by atoms with Gasteiger partial charge in [-0.15, -0.1) is 0 Å². The summed E-state index contributed by atoms with van der Waals surface area (Å²) in [7, 11) is 0. The van der Waals surface area contributed by atoms with E-state index in [1.54, 1.807) is 23.5 Å². The zero-order valence-electron chi connectivity index (χ0n) is 13.5. The molecule has 0 amide bonds. The summed E-state index contributed by atoms with van der Waals surface area (Å²) in [5.74, 6) is -0.191. The predicted molar refractivity (Wildman–Crippen MR) is 98.4 cm³/mol. The number of hydrogen-bond acceptors (Lipinski definition) is 4. The molecule has 4 rings (SSSR count). The van der Waals surface area contributed by atoms with Gasteiger partial charge in [0.25, 0.3) is 0 Å². The largest absolute Gasteiger partial charge is 0.345 e. The number of piperazine rings is 1. The second-order valence-corrected chi connectivity index (χ2v) is 7.18. The van der Waals surface area contributed by atoms with Crippen LogP contribution in [0.2, 0.25) is 0 Å². The summed E-state index contributed by atoms with van der Waals surface area (Å²) < 4.78 is 14.3. The highest BCUT2D eigenvalue weighted by Gasteiger charge is 2.19. The molecule has 0 radical (unpaired) electrons. The minimum atomic E-state index is -0.191. The third-order valence-electron chi connectivity index (χ3n) is 4.54. The van der Waals surface area contributed by atoms with Crippen LogP contribution in [0.5, 0.6) is 0 Å². The van der Waals surface area contributed by atoms with E-state index < -0.39 is 0 Å². The van der Waals surface area contributed by atoms with E-state index in [0.29, 0.717) is 0 Å². The third-order valence-corrected chi connectivity index (χ3v) is 5.62. The third kappa shape index (κ3) is 3.42. The van der Waals surface area contributed by atoms with Gasteiger partial charge >= 0.3 is 0 Å². The van der Waals surface area contributed by atoms with Crippen molar-refractivity contribution in [1.29, 1.82) is 0 Å². The summed E-state index contributed by atoms with van der Waals surface area (Å²) in [4.78, 5) is 9.49. The van der Waals surface area contributed by atoms with Gasteiger partial charge in [0.1, 0.15) is 5.82 Å². The summed E-state index contributed by atoms with van der Waals surface area (Å²) in [5, 5.41) is 1.01. The summed E-state index contributed by atoms with van der Waals surface area (Å²) >= 11 is 1.59. The Bertz CT molecular complexity index is 810. The number of rotatable bonds is 4. The van der Waals surface area contributed by atoms with Crippen LogP contribution in [0.15, 0.2) is 48.5 Å². The monoisotopic (exact) mass is 341 g/mol. The normalized spacial score (nSPS) is 16.0. The molecule has 0 saturated carbocycles. The van der Waals surface area contributed by atoms with Crippen molar-refractivity contribution in [3.63, 3.8) is 0 Å². The molecule has 3 aromatic rings. The van der Waals surface area contributed by atoms with Gasteiger partial charge in [0.05, 0.1) is 10.2 Å². The Morgan fingerprint density at radius 1 is 1.00 bits per heavy atom. The maximum absolute atomic E-state index is 13.3. The van der Waals surface area contributed by atoms with Crippen LogP contribution in [-0.4, -0.2) is 42.6 Å². The molecule has 2 aromatic carbocycles. The number of thiazole rings is 1. The van der Waals surface area contributed by atoms with Crippen molar-refractivity contribution in [1.82, 2.24) is 9.88 Å². The second-order valence-electron chi connectivity index (χ2n) is 6.17. The zero-order chi connectivity index (χ0) is 16.4. The predicted octanol–water partition coefficient (Wildman–Crippen LogP) is 3.80. The van der Waals surface area contributed by atoms with E-state index in [-0.39, 0.29) is 5.82 Å². The van der Waals surface area contributed by atoms with Gasteiger partial charge in [-0.05, 0) is 30.2 Å². The highest BCUT2D eigenvalue weighted by molar-refractivity contribution is 7.22. The first kappa shape index (κ1) is 15.5. The second kappa shape index (κ2) is 6.87. The van der Waals surface area contributed by atoms with Gasteiger partial charge < -0.3 is 4.90 Å². The Kier molecular flexibility index (Phi) is 4.45. The van der Waals surface area contributed by atoms with E-state index in [4.69, 9.17) is 0 Å². The number of anilines is 1. The van der Waals surface area contributed by atoms with E-state index in [1.165, 1.54) is 11.6 Å². The van der Waals surface area contributed by atoms with Gasteiger partial charge in [0.15, 0.2) is 5.13 Å². The van der Waals surface area contributed by atoms with Crippen molar-refractivity contribution >= 4 is 26.7 Å². The highest BCUT2D eigenvalue weighted by atomic mass is 32.1. The first-order chi connectivity index (χ1) is 11.8.